The fourth-order valence-corrected chi connectivity index (χ4v) is 7.36. The average molecular weight is 579 g/mol. The largest absolute Gasteiger partial charge is 0.507 e. The molecule has 4 aliphatic rings. The molecule has 8 heteroatoms. The van der Waals surface area contributed by atoms with Gasteiger partial charge in [-0.2, -0.15) is 0 Å². The summed E-state index contributed by atoms with van der Waals surface area (Å²) in [5.74, 6) is 3.41. The summed E-state index contributed by atoms with van der Waals surface area (Å²) in [5.41, 5.74) is 8.03. The van der Waals surface area contributed by atoms with Gasteiger partial charge in [-0.05, 0) is 97.9 Å². The van der Waals surface area contributed by atoms with Crippen LogP contribution in [0.25, 0.3) is 11.1 Å². The minimum absolute atomic E-state index is 0.0300. The van der Waals surface area contributed by atoms with Gasteiger partial charge in [-0.15, -0.1) is 0 Å². The SMILES string of the molecule is COc1ccc2cc1-c1cc(ccc1O)C[C@H]1NCCc3cc4c(cc31)Oc1c(c(O)c(OC)c3c1[C@H](C2)N(C)CC3)O4. The lowest BCUT2D eigenvalue weighted by Crippen LogP contribution is -2.34. The van der Waals surface area contributed by atoms with Crippen LogP contribution in [0.15, 0.2) is 48.5 Å². The first-order valence-electron chi connectivity index (χ1n) is 14.8. The van der Waals surface area contributed by atoms with Crippen molar-refractivity contribution in [1.82, 2.24) is 10.2 Å². The van der Waals surface area contributed by atoms with E-state index >= 15 is 0 Å². The van der Waals surface area contributed by atoms with E-state index in [0.29, 0.717) is 47.3 Å². The number of ether oxygens (including phenoxy) is 4. The van der Waals surface area contributed by atoms with Crippen molar-refractivity contribution < 1.29 is 29.2 Å². The maximum absolute atomic E-state index is 11.4. The number of benzene rings is 4. The van der Waals surface area contributed by atoms with Crippen molar-refractivity contribution in [2.45, 2.75) is 37.8 Å². The topological polar surface area (TPSA) is 92.7 Å². The number of methoxy groups -OCH3 is 2. The minimum atomic E-state index is -0.0849. The number of hydrogen-bond donors (Lipinski definition) is 3. The Balaban J connectivity index is 1.41. The number of likely N-dealkylation sites (N-methyl/N-ethyl adjacent to an activating group) is 1. The Hall–Kier alpha value is -4.40. The molecule has 8 nitrogen and oxygen atoms in total. The Bertz CT molecular complexity index is 1800. The number of fused-ring (bicyclic) bond motifs is 5. The molecule has 2 atom stereocenters. The van der Waals surface area contributed by atoms with Crippen molar-refractivity contribution in [1.29, 1.82) is 0 Å². The molecule has 4 aliphatic heterocycles. The summed E-state index contributed by atoms with van der Waals surface area (Å²) in [4.78, 5) is 2.32. The zero-order chi connectivity index (χ0) is 29.4. The number of hydrogen-bond acceptors (Lipinski definition) is 8. The lowest BCUT2D eigenvalue weighted by Gasteiger charge is -2.38. The molecular formula is C35H34N2O6. The van der Waals surface area contributed by atoms with Gasteiger partial charge in [0.15, 0.2) is 23.0 Å². The molecule has 0 radical (unpaired) electrons. The van der Waals surface area contributed by atoms with Crippen molar-refractivity contribution in [3.8, 4) is 57.1 Å². The van der Waals surface area contributed by atoms with Crippen molar-refractivity contribution in [3.05, 3.63) is 81.9 Å². The van der Waals surface area contributed by atoms with Crippen LogP contribution in [0, 0.1) is 0 Å². The van der Waals surface area contributed by atoms with Crippen LogP contribution in [-0.4, -0.2) is 49.5 Å². The van der Waals surface area contributed by atoms with E-state index in [1.54, 1.807) is 20.3 Å². The number of nitrogens with zero attached hydrogens (tertiary/aromatic N) is 1. The van der Waals surface area contributed by atoms with Gasteiger partial charge in [-0.3, -0.25) is 4.90 Å². The van der Waals surface area contributed by atoms with E-state index in [1.807, 2.05) is 12.1 Å². The van der Waals surface area contributed by atoms with Gasteiger partial charge in [0.25, 0.3) is 0 Å². The van der Waals surface area contributed by atoms with E-state index in [-0.39, 0.29) is 23.6 Å². The maximum atomic E-state index is 11.4. The van der Waals surface area contributed by atoms with Crippen LogP contribution < -0.4 is 24.3 Å². The standard InChI is InChI=1S/C35H34N2O6/c1-37-11-9-21-31-26(37)15-19-5-7-28(40-2)24(13-19)23-12-18(4-6-27(23)38)14-25-22-17-30-29(16-20(22)8-10-36-25)43-35(34(31)42-30)32(39)33(21)41-3/h4-7,12-13,16-17,25-26,36,38-39H,8-11,14-15H2,1-3H3/t25-,26+/m1/s1. The van der Waals surface area contributed by atoms with E-state index < -0.39 is 0 Å². The summed E-state index contributed by atoms with van der Waals surface area (Å²) in [5, 5.41) is 26.2. The molecule has 0 spiro atoms. The quantitative estimate of drug-likeness (QED) is 0.228. The van der Waals surface area contributed by atoms with E-state index in [0.717, 1.165) is 59.3 Å². The summed E-state index contributed by atoms with van der Waals surface area (Å²) in [6.45, 7) is 1.62. The molecule has 220 valence electrons. The third-order valence-corrected chi connectivity index (χ3v) is 9.54. The summed E-state index contributed by atoms with van der Waals surface area (Å²) < 4.78 is 24.8. The molecule has 0 amide bonds. The number of rotatable bonds is 2. The van der Waals surface area contributed by atoms with Crippen molar-refractivity contribution >= 4 is 0 Å². The van der Waals surface area contributed by atoms with E-state index in [4.69, 9.17) is 18.9 Å². The fraction of sp³-hybridized carbons (Fsp3) is 0.314. The van der Waals surface area contributed by atoms with Gasteiger partial charge in [0, 0.05) is 40.9 Å². The smallest absolute Gasteiger partial charge is 0.215 e. The number of aromatic hydroxyl groups is 2. The third-order valence-electron chi connectivity index (χ3n) is 9.54. The second kappa shape index (κ2) is 9.82. The highest BCUT2D eigenvalue weighted by Gasteiger charge is 2.39. The van der Waals surface area contributed by atoms with Crippen molar-refractivity contribution in [3.63, 3.8) is 0 Å². The highest BCUT2D eigenvalue weighted by atomic mass is 16.6. The Labute approximate surface area is 250 Å². The monoisotopic (exact) mass is 578 g/mol. The van der Waals surface area contributed by atoms with Crippen molar-refractivity contribution in [2.75, 3.05) is 34.4 Å². The molecular weight excluding hydrogens is 544 g/mol. The lowest BCUT2D eigenvalue weighted by atomic mass is 9.85. The second-order valence-corrected chi connectivity index (χ2v) is 11.9. The highest BCUT2D eigenvalue weighted by Crippen LogP contribution is 2.59. The molecule has 4 aromatic carbocycles. The molecule has 43 heavy (non-hydrogen) atoms. The molecule has 0 unspecified atom stereocenters. The first-order valence-corrected chi connectivity index (χ1v) is 14.8. The Morgan fingerprint density at radius 1 is 0.860 bits per heavy atom. The predicted molar refractivity (Wildman–Crippen MR) is 162 cm³/mol. The second-order valence-electron chi connectivity index (χ2n) is 11.9. The van der Waals surface area contributed by atoms with Gasteiger partial charge in [0.05, 0.1) is 14.2 Å². The van der Waals surface area contributed by atoms with Gasteiger partial charge in [0.1, 0.15) is 11.5 Å². The Morgan fingerprint density at radius 2 is 1.63 bits per heavy atom. The highest BCUT2D eigenvalue weighted by molar-refractivity contribution is 5.77. The van der Waals surface area contributed by atoms with Crippen molar-refractivity contribution in [2.24, 2.45) is 0 Å². The van der Waals surface area contributed by atoms with Crippen LogP contribution in [0.2, 0.25) is 0 Å². The number of nitrogens with one attached hydrogen (secondary N) is 1. The molecule has 0 saturated heterocycles. The van der Waals surface area contributed by atoms with Gasteiger partial charge in [0.2, 0.25) is 11.5 Å². The minimum Gasteiger partial charge on any atom is -0.507 e. The first kappa shape index (κ1) is 26.2. The zero-order valence-corrected chi connectivity index (χ0v) is 24.5. The van der Waals surface area contributed by atoms with E-state index in [1.165, 1.54) is 11.1 Å². The molecule has 0 saturated carbocycles. The van der Waals surface area contributed by atoms with Gasteiger partial charge < -0.3 is 34.5 Å². The Kier molecular flexibility index (Phi) is 6.00. The molecule has 3 N–H and O–H groups in total. The molecule has 0 aliphatic carbocycles. The molecule has 4 heterocycles. The van der Waals surface area contributed by atoms with E-state index in [2.05, 4.69) is 47.6 Å². The van der Waals surface area contributed by atoms with Gasteiger partial charge in [-0.25, -0.2) is 0 Å². The zero-order valence-electron chi connectivity index (χ0n) is 24.5. The maximum Gasteiger partial charge on any atom is 0.215 e. The average Bonchev–Trinajstić information content (AvgIpc) is 3.01. The summed E-state index contributed by atoms with van der Waals surface area (Å²) >= 11 is 0. The molecule has 7 bridgehead atoms. The predicted octanol–water partition coefficient (Wildman–Crippen LogP) is 6.19. The fourth-order valence-electron chi connectivity index (χ4n) is 7.36. The molecule has 0 aromatic heterocycles. The third kappa shape index (κ3) is 4.04. The van der Waals surface area contributed by atoms with Crippen LogP contribution in [-0.2, 0) is 25.7 Å². The van der Waals surface area contributed by atoms with Gasteiger partial charge >= 0.3 is 0 Å². The van der Waals surface area contributed by atoms with Crippen LogP contribution in [0.4, 0.5) is 0 Å². The van der Waals surface area contributed by atoms with Crippen LogP contribution in [0.5, 0.6) is 46.0 Å². The summed E-state index contributed by atoms with van der Waals surface area (Å²) in [6, 6.07) is 16.1. The van der Waals surface area contributed by atoms with Crippen LogP contribution in [0.3, 0.4) is 0 Å². The van der Waals surface area contributed by atoms with E-state index in [9.17, 15) is 10.2 Å². The Morgan fingerprint density at radius 3 is 2.47 bits per heavy atom. The first-order chi connectivity index (χ1) is 20.9. The molecule has 0 fully saturated rings. The summed E-state index contributed by atoms with van der Waals surface area (Å²) in [7, 11) is 5.36. The summed E-state index contributed by atoms with van der Waals surface area (Å²) in [6.07, 6.45) is 2.95. The van der Waals surface area contributed by atoms with Crippen LogP contribution in [0.1, 0.15) is 45.5 Å². The van der Waals surface area contributed by atoms with Crippen LogP contribution >= 0.6 is 0 Å². The molecule has 4 aromatic rings. The number of phenolic OH excluding ortho intramolecular Hbond substituents is 2. The normalized spacial score (nSPS) is 19.8. The molecule has 8 rings (SSSR count). The lowest BCUT2D eigenvalue weighted by molar-refractivity contribution is 0.215. The number of phenols is 2. The van der Waals surface area contributed by atoms with Gasteiger partial charge in [-0.1, -0.05) is 12.1 Å².